The van der Waals surface area contributed by atoms with Crippen LogP contribution in [-0.4, -0.2) is 18.1 Å². The van der Waals surface area contributed by atoms with Gasteiger partial charge in [-0.3, -0.25) is 0 Å². The van der Waals surface area contributed by atoms with E-state index in [-0.39, 0.29) is 0 Å². The number of rotatable bonds is 2. The van der Waals surface area contributed by atoms with E-state index in [4.69, 9.17) is 11.6 Å². The molecule has 0 aromatic carbocycles. The van der Waals surface area contributed by atoms with Crippen molar-refractivity contribution in [1.82, 2.24) is 10.3 Å². The van der Waals surface area contributed by atoms with Gasteiger partial charge in [0.05, 0.1) is 0 Å². The number of pyridine rings is 1. The fourth-order valence-electron chi connectivity index (χ4n) is 2.34. The molecule has 1 atom stereocenters. The summed E-state index contributed by atoms with van der Waals surface area (Å²) < 4.78 is 0. The Morgan fingerprint density at radius 3 is 2.87 bits per heavy atom. The third-order valence-corrected chi connectivity index (χ3v) is 3.69. The van der Waals surface area contributed by atoms with Crippen LogP contribution in [0, 0.1) is 5.92 Å². The van der Waals surface area contributed by atoms with Crippen LogP contribution in [0.3, 0.4) is 0 Å². The third kappa shape index (κ3) is 2.50. The Labute approximate surface area is 96.1 Å². The number of hydrogen-bond acceptors (Lipinski definition) is 2. The van der Waals surface area contributed by atoms with Gasteiger partial charge in [0.25, 0.3) is 0 Å². The first-order valence-electron chi connectivity index (χ1n) is 5.60. The van der Waals surface area contributed by atoms with Gasteiger partial charge in [-0.1, -0.05) is 24.6 Å². The summed E-state index contributed by atoms with van der Waals surface area (Å²) in [6, 6.07) is 4.07. The molecule has 0 radical (unpaired) electrons. The van der Waals surface area contributed by atoms with E-state index in [0.29, 0.717) is 11.1 Å². The number of piperidine rings is 1. The van der Waals surface area contributed by atoms with Gasteiger partial charge in [0.1, 0.15) is 5.15 Å². The van der Waals surface area contributed by atoms with Crippen molar-refractivity contribution in [2.24, 2.45) is 5.92 Å². The lowest BCUT2D eigenvalue weighted by molar-refractivity contribution is 0.330. The predicted molar refractivity (Wildman–Crippen MR) is 63.3 cm³/mol. The third-order valence-electron chi connectivity index (χ3n) is 3.37. The summed E-state index contributed by atoms with van der Waals surface area (Å²) in [6.45, 7) is 4.53. The molecule has 15 heavy (non-hydrogen) atoms. The lowest BCUT2D eigenvalue weighted by atomic mass is 9.82. The maximum Gasteiger partial charge on any atom is 0.132 e. The van der Waals surface area contributed by atoms with Gasteiger partial charge in [-0.25, -0.2) is 4.98 Å². The molecular formula is C12H17ClN2. The van der Waals surface area contributed by atoms with Gasteiger partial charge in [-0.2, -0.15) is 0 Å². The molecule has 1 fully saturated rings. The van der Waals surface area contributed by atoms with E-state index in [1.54, 1.807) is 6.20 Å². The maximum atomic E-state index is 6.11. The van der Waals surface area contributed by atoms with Crippen LogP contribution in [0.25, 0.3) is 0 Å². The monoisotopic (exact) mass is 224 g/mol. The van der Waals surface area contributed by atoms with Crippen LogP contribution in [0.2, 0.25) is 5.15 Å². The lowest BCUT2D eigenvalue weighted by Crippen LogP contribution is -2.30. The van der Waals surface area contributed by atoms with Crippen molar-refractivity contribution < 1.29 is 0 Å². The molecule has 1 N–H and O–H groups in total. The van der Waals surface area contributed by atoms with Gasteiger partial charge < -0.3 is 5.32 Å². The van der Waals surface area contributed by atoms with Gasteiger partial charge in [-0.15, -0.1) is 0 Å². The van der Waals surface area contributed by atoms with E-state index in [0.717, 1.165) is 19.0 Å². The van der Waals surface area contributed by atoms with Crippen LogP contribution in [0.1, 0.15) is 31.2 Å². The molecule has 0 saturated carbocycles. The number of nitrogens with one attached hydrogen (secondary N) is 1. The number of halogens is 1. The molecule has 0 aliphatic carbocycles. The summed E-state index contributed by atoms with van der Waals surface area (Å²) in [4.78, 5) is 4.14. The fourth-order valence-corrected chi connectivity index (χ4v) is 2.63. The van der Waals surface area contributed by atoms with Gasteiger partial charge in [0.15, 0.2) is 0 Å². The Balaban J connectivity index is 2.12. The van der Waals surface area contributed by atoms with E-state index in [1.807, 2.05) is 6.07 Å². The van der Waals surface area contributed by atoms with Crippen molar-refractivity contribution in [3.8, 4) is 0 Å². The predicted octanol–water partition coefficient (Wildman–Crippen LogP) is 2.84. The summed E-state index contributed by atoms with van der Waals surface area (Å²) in [7, 11) is 0. The van der Waals surface area contributed by atoms with E-state index < -0.39 is 0 Å². The Kier molecular flexibility index (Phi) is 3.60. The Bertz CT molecular complexity index is 321. The van der Waals surface area contributed by atoms with Gasteiger partial charge >= 0.3 is 0 Å². The molecule has 1 aromatic rings. The van der Waals surface area contributed by atoms with Gasteiger partial charge in [0, 0.05) is 6.20 Å². The summed E-state index contributed by atoms with van der Waals surface area (Å²) in [5.41, 5.74) is 1.20. The van der Waals surface area contributed by atoms with Crippen molar-refractivity contribution in [2.45, 2.75) is 25.7 Å². The highest BCUT2D eigenvalue weighted by molar-refractivity contribution is 6.30. The lowest BCUT2D eigenvalue weighted by Gasteiger charge is -2.28. The molecular weight excluding hydrogens is 208 g/mol. The van der Waals surface area contributed by atoms with Crippen LogP contribution in [0.15, 0.2) is 18.3 Å². The van der Waals surface area contributed by atoms with Crippen LogP contribution in [0.4, 0.5) is 0 Å². The van der Waals surface area contributed by atoms with Crippen LogP contribution in [0.5, 0.6) is 0 Å². The maximum absolute atomic E-state index is 6.11. The number of aromatic nitrogens is 1. The topological polar surface area (TPSA) is 24.9 Å². The molecule has 2 heterocycles. The largest absolute Gasteiger partial charge is 0.317 e. The minimum Gasteiger partial charge on any atom is -0.317 e. The second kappa shape index (κ2) is 4.95. The molecule has 2 nitrogen and oxygen atoms in total. The average molecular weight is 225 g/mol. The Morgan fingerprint density at radius 2 is 2.20 bits per heavy atom. The van der Waals surface area contributed by atoms with E-state index in [9.17, 15) is 0 Å². The molecule has 1 aliphatic heterocycles. The van der Waals surface area contributed by atoms with Crippen LogP contribution in [-0.2, 0) is 0 Å². The number of hydrogen-bond donors (Lipinski definition) is 1. The minimum atomic E-state index is 0.522. The molecule has 1 unspecified atom stereocenters. The quantitative estimate of drug-likeness (QED) is 0.782. The molecule has 0 amide bonds. The molecule has 0 bridgehead atoms. The summed E-state index contributed by atoms with van der Waals surface area (Å²) in [5, 5.41) is 4.06. The molecule has 1 saturated heterocycles. The van der Waals surface area contributed by atoms with Crippen molar-refractivity contribution in [3.05, 3.63) is 29.0 Å². The normalized spacial score (nSPS) is 20.1. The van der Waals surface area contributed by atoms with Crippen molar-refractivity contribution in [3.63, 3.8) is 0 Å². The van der Waals surface area contributed by atoms with Gasteiger partial charge in [-0.05, 0) is 49.4 Å². The second-order valence-corrected chi connectivity index (χ2v) is 4.62. The minimum absolute atomic E-state index is 0.522. The van der Waals surface area contributed by atoms with E-state index in [2.05, 4.69) is 23.3 Å². The zero-order chi connectivity index (χ0) is 10.7. The second-order valence-electron chi connectivity index (χ2n) is 4.26. The molecule has 0 spiro atoms. The summed E-state index contributed by atoms with van der Waals surface area (Å²) in [6.07, 6.45) is 4.24. The highest BCUT2D eigenvalue weighted by Gasteiger charge is 2.22. The summed E-state index contributed by atoms with van der Waals surface area (Å²) >= 11 is 6.11. The fraction of sp³-hybridized carbons (Fsp3) is 0.583. The Morgan fingerprint density at radius 1 is 1.47 bits per heavy atom. The average Bonchev–Trinajstić information content (AvgIpc) is 2.30. The molecule has 2 rings (SSSR count). The smallest absolute Gasteiger partial charge is 0.132 e. The van der Waals surface area contributed by atoms with Crippen LogP contribution >= 0.6 is 11.6 Å². The Hall–Kier alpha value is -0.600. The van der Waals surface area contributed by atoms with Crippen molar-refractivity contribution in [2.75, 3.05) is 13.1 Å². The first-order valence-corrected chi connectivity index (χ1v) is 5.98. The van der Waals surface area contributed by atoms with E-state index >= 15 is 0 Å². The SMILES string of the molecule is CC(c1cccnc1Cl)C1CCNCC1. The summed E-state index contributed by atoms with van der Waals surface area (Å²) in [5.74, 6) is 1.27. The highest BCUT2D eigenvalue weighted by Crippen LogP contribution is 2.33. The first kappa shape index (κ1) is 10.9. The van der Waals surface area contributed by atoms with Crippen molar-refractivity contribution in [1.29, 1.82) is 0 Å². The van der Waals surface area contributed by atoms with Crippen molar-refractivity contribution >= 4 is 11.6 Å². The number of nitrogens with zero attached hydrogens (tertiary/aromatic N) is 1. The zero-order valence-electron chi connectivity index (χ0n) is 9.04. The van der Waals surface area contributed by atoms with Gasteiger partial charge in [0.2, 0.25) is 0 Å². The molecule has 1 aromatic heterocycles. The first-order chi connectivity index (χ1) is 7.29. The van der Waals surface area contributed by atoms with Crippen LogP contribution < -0.4 is 5.32 Å². The molecule has 1 aliphatic rings. The zero-order valence-corrected chi connectivity index (χ0v) is 9.80. The standard InChI is InChI=1S/C12H17ClN2/c1-9(10-4-7-14-8-5-10)11-3-2-6-15-12(11)13/h2-3,6,9-10,14H,4-5,7-8H2,1H3. The highest BCUT2D eigenvalue weighted by atomic mass is 35.5. The molecule has 3 heteroatoms. The molecule has 82 valence electrons. The van der Waals surface area contributed by atoms with E-state index in [1.165, 1.54) is 18.4 Å².